The van der Waals surface area contributed by atoms with Crippen molar-refractivity contribution in [2.45, 2.75) is 11.8 Å². The Labute approximate surface area is 152 Å². The predicted molar refractivity (Wildman–Crippen MR) is 101 cm³/mol. The van der Waals surface area contributed by atoms with Gasteiger partial charge in [0.15, 0.2) is 5.13 Å². The number of nitrogens with zero attached hydrogens (tertiary/aromatic N) is 1. The van der Waals surface area contributed by atoms with E-state index < -0.39 is 5.91 Å². The molecule has 0 unspecified atom stereocenters. The van der Waals surface area contributed by atoms with Crippen molar-refractivity contribution in [3.05, 3.63) is 53.2 Å². The van der Waals surface area contributed by atoms with Crippen LogP contribution in [0.1, 0.15) is 16.1 Å². The molecule has 1 aromatic carbocycles. The zero-order valence-electron chi connectivity index (χ0n) is 13.4. The Kier molecular flexibility index (Phi) is 5.20. The zero-order chi connectivity index (χ0) is 17.8. The number of aromatic nitrogens is 2. The monoisotopic (exact) mass is 372 g/mol. The van der Waals surface area contributed by atoms with Gasteiger partial charge in [0.25, 0.3) is 5.91 Å². The Balaban J connectivity index is 1.60. The van der Waals surface area contributed by atoms with Gasteiger partial charge in [-0.05, 0) is 24.6 Å². The lowest BCUT2D eigenvalue weighted by Crippen LogP contribution is -2.13. The van der Waals surface area contributed by atoms with Gasteiger partial charge in [0.05, 0.1) is 11.4 Å². The molecule has 2 amide bonds. The summed E-state index contributed by atoms with van der Waals surface area (Å²) in [6, 6.07) is 9.58. The zero-order valence-corrected chi connectivity index (χ0v) is 15.0. The van der Waals surface area contributed by atoms with Gasteiger partial charge in [-0.1, -0.05) is 18.2 Å². The van der Waals surface area contributed by atoms with E-state index in [1.54, 1.807) is 12.3 Å². The van der Waals surface area contributed by atoms with Crippen molar-refractivity contribution in [1.29, 1.82) is 0 Å². The quantitative estimate of drug-likeness (QED) is 0.578. The average molecular weight is 372 g/mol. The van der Waals surface area contributed by atoms with Crippen LogP contribution in [0.15, 0.2) is 46.8 Å². The van der Waals surface area contributed by atoms with Crippen LogP contribution in [-0.4, -0.2) is 27.5 Å². The number of rotatable bonds is 6. The van der Waals surface area contributed by atoms with E-state index in [0.717, 1.165) is 16.0 Å². The molecular formula is C17H16N4O2S2. The highest BCUT2D eigenvalue weighted by Gasteiger charge is 2.11. The lowest BCUT2D eigenvalue weighted by molar-refractivity contribution is -0.113. The van der Waals surface area contributed by atoms with Crippen LogP contribution < -0.4 is 11.1 Å². The number of amides is 2. The molecule has 0 aliphatic heterocycles. The van der Waals surface area contributed by atoms with Gasteiger partial charge >= 0.3 is 0 Å². The van der Waals surface area contributed by atoms with Crippen molar-refractivity contribution >= 4 is 40.0 Å². The highest BCUT2D eigenvalue weighted by molar-refractivity contribution is 8.00. The highest BCUT2D eigenvalue weighted by atomic mass is 32.2. The fraction of sp³-hybridized carbons (Fsp3) is 0.118. The van der Waals surface area contributed by atoms with Crippen molar-refractivity contribution in [3.63, 3.8) is 0 Å². The second-order valence-electron chi connectivity index (χ2n) is 5.31. The number of aromatic amines is 1. The molecule has 2 aromatic heterocycles. The summed E-state index contributed by atoms with van der Waals surface area (Å²) in [6.45, 7) is 2.02. The summed E-state index contributed by atoms with van der Waals surface area (Å²) in [5, 5.41) is 5.14. The smallest absolute Gasteiger partial charge is 0.265 e. The SMILES string of the molecule is Cc1ccccc1SCC(=O)Nc1nc(-c2c[nH]c(C(N)=O)c2)cs1. The Hall–Kier alpha value is -2.58. The Morgan fingerprint density at radius 1 is 1.36 bits per heavy atom. The average Bonchev–Trinajstić information content (AvgIpc) is 3.23. The molecule has 8 heteroatoms. The van der Waals surface area contributed by atoms with Crippen LogP contribution >= 0.6 is 23.1 Å². The number of thiazole rings is 1. The number of hydrogen-bond donors (Lipinski definition) is 3. The van der Waals surface area contributed by atoms with Gasteiger partial charge in [0.1, 0.15) is 5.69 Å². The first-order chi connectivity index (χ1) is 12.0. The summed E-state index contributed by atoms with van der Waals surface area (Å²) in [4.78, 5) is 31.5. The fourth-order valence-electron chi connectivity index (χ4n) is 2.17. The number of anilines is 1. The second-order valence-corrected chi connectivity index (χ2v) is 7.18. The third-order valence-electron chi connectivity index (χ3n) is 3.45. The third-order valence-corrected chi connectivity index (χ3v) is 5.38. The van der Waals surface area contributed by atoms with E-state index in [0.29, 0.717) is 22.3 Å². The maximum Gasteiger partial charge on any atom is 0.265 e. The Bertz CT molecular complexity index is 917. The molecule has 0 saturated carbocycles. The first-order valence-electron chi connectivity index (χ1n) is 7.45. The van der Waals surface area contributed by atoms with Gasteiger partial charge in [-0.25, -0.2) is 4.98 Å². The number of nitrogens with one attached hydrogen (secondary N) is 2. The number of H-pyrrole nitrogens is 1. The minimum Gasteiger partial charge on any atom is -0.364 e. The molecule has 0 radical (unpaired) electrons. The van der Waals surface area contributed by atoms with Crippen LogP contribution in [0.5, 0.6) is 0 Å². The minimum absolute atomic E-state index is 0.110. The van der Waals surface area contributed by atoms with E-state index in [9.17, 15) is 9.59 Å². The van der Waals surface area contributed by atoms with E-state index in [1.807, 2.05) is 36.6 Å². The van der Waals surface area contributed by atoms with Gasteiger partial charge in [0, 0.05) is 22.0 Å². The van der Waals surface area contributed by atoms with Crippen LogP contribution in [0.2, 0.25) is 0 Å². The molecule has 0 spiro atoms. The molecule has 3 aromatic rings. The van der Waals surface area contributed by atoms with Crippen molar-refractivity contribution in [2.24, 2.45) is 5.73 Å². The number of aryl methyl sites for hydroxylation is 1. The maximum absolute atomic E-state index is 12.1. The topological polar surface area (TPSA) is 101 Å². The van der Waals surface area contributed by atoms with Crippen LogP contribution in [0.3, 0.4) is 0 Å². The molecule has 0 fully saturated rings. The van der Waals surface area contributed by atoms with Gasteiger partial charge in [0.2, 0.25) is 5.91 Å². The second kappa shape index (κ2) is 7.54. The van der Waals surface area contributed by atoms with E-state index in [2.05, 4.69) is 15.3 Å². The van der Waals surface area contributed by atoms with E-state index >= 15 is 0 Å². The van der Waals surface area contributed by atoms with Gasteiger partial charge in [-0.15, -0.1) is 23.1 Å². The highest BCUT2D eigenvalue weighted by Crippen LogP contribution is 2.26. The molecule has 3 rings (SSSR count). The fourth-order valence-corrected chi connectivity index (χ4v) is 3.73. The number of carbonyl (C=O) groups excluding carboxylic acids is 2. The van der Waals surface area contributed by atoms with Crippen LogP contribution in [-0.2, 0) is 4.79 Å². The number of carbonyl (C=O) groups is 2. The summed E-state index contributed by atoms with van der Waals surface area (Å²) in [5.74, 6) is -0.320. The maximum atomic E-state index is 12.1. The Morgan fingerprint density at radius 2 is 2.16 bits per heavy atom. The summed E-state index contributed by atoms with van der Waals surface area (Å²) in [6.07, 6.45) is 1.66. The van der Waals surface area contributed by atoms with Gasteiger partial charge in [-0.2, -0.15) is 0 Å². The molecule has 4 N–H and O–H groups in total. The largest absolute Gasteiger partial charge is 0.364 e. The number of primary amides is 1. The first kappa shape index (κ1) is 17.2. The molecule has 128 valence electrons. The van der Waals surface area contributed by atoms with Gasteiger partial charge in [-0.3, -0.25) is 9.59 Å². The van der Waals surface area contributed by atoms with Crippen LogP contribution in [0.25, 0.3) is 11.3 Å². The summed E-state index contributed by atoms with van der Waals surface area (Å²) in [7, 11) is 0. The molecule has 0 bridgehead atoms. The third kappa shape index (κ3) is 4.28. The number of benzene rings is 1. The minimum atomic E-state index is -0.525. The van der Waals surface area contributed by atoms with Crippen molar-refractivity contribution in [2.75, 3.05) is 11.1 Å². The molecule has 6 nitrogen and oxygen atoms in total. The van der Waals surface area contributed by atoms with Crippen molar-refractivity contribution < 1.29 is 9.59 Å². The first-order valence-corrected chi connectivity index (χ1v) is 9.32. The molecule has 0 atom stereocenters. The van der Waals surface area contributed by atoms with Crippen LogP contribution in [0, 0.1) is 6.92 Å². The molecule has 0 aliphatic rings. The standard InChI is InChI=1S/C17H16N4O2S2/c1-10-4-2-3-5-14(10)24-9-15(22)21-17-20-13(8-25-17)11-6-12(16(18)23)19-7-11/h2-8,19H,9H2,1H3,(H2,18,23)(H,20,21,22). The number of nitrogens with two attached hydrogens (primary N) is 1. The summed E-state index contributed by atoms with van der Waals surface area (Å²) in [5.41, 5.74) is 8.12. The molecule has 2 heterocycles. The van der Waals surface area contributed by atoms with Crippen molar-refractivity contribution in [3.8, 4) is 11.3 Å². The van der Waals surface area contributed by atoms with E-state index in [1.165, 1.54) is 23.1 Å². The Morgan fingerprint density at radius 3 is 2.88 bits per heavy atom. The molecule has 0 saturated heterocycles. The van der Waals surface area contributed by atoms with Crippen LogP contribution in [0.4, 0.5) is 5.13 Å². The molecule has 0 aliphatic carbocycles. The number of thioether (sulfide) groups is 1. The van der Waals surface area contributed by atoms with E-state index in [4.69, 9.17) is 5.73 Å². The van der Waals surface area contributed by atoms with Gasteiger partial charge < -0.3 is 16.0 Å². The number of hydrogen-bond acceptors (Lipinski definition) is 5. The normalized spacial score (nSPS) is 10.6. The lowest BCUT2D eigenvalue weighted by atomic mass is 10.2. The molecular weight excluding hydrogens is 356 g/mol. The van der Waals surface area contributed by atoms with E-state index in [-0.39, 0.29) is 5.91 Å². The lowest BCUT2D eigenvalue weighted by Gasteiger charge is -2.04. The molecule has 25 heavy (non-hydrogen) atoms. The summed E-state index contributed by atoms with van der Waals surface area (Å²) >= 11 is 2.83. The van der Waals surface area contributed by atoms with Crippen molar-refractivity contribution in [1.82, 2.24) is 9.97 Å². The predicted octanol–water partition coefficient (Wildman–Crippen LogP) is 3.28. The summed E-state index contributed by atoms with van der Waals surface area (Å²) < 4.78 is 0.